The third kappa shape index (κ3) is 4.22. The van der Waals surface area contributed by atoms with Crippen LogP contribution in [0.5, 0.6) is 0 Å². The largest absolute Gasteiger partial charge is 0.310 e. The van der Waals surface area contributed by atoms with Gasteiger partial charge < -0.3 is 4.90 Å². The van der Waals surface area contributed by atoms with E-state index in [0.717, 1.165) is 17.1 Å². The van der Waals surface area contributed by atoms with Crippen molar-refractivity contribution in [3.63, 3.8) is 0 Å². The summed E-state index contributed by atoms with van der Waals surface area (Å²) in [6.07, 6.45) is 0. The number of halogens is 2. The van der Waals surface area contributed by atoms with Gasteiger partial charge in [0, 0.05) is 28.0 Å². The molecule has 0 atom stereocenters. The number of Topliss-reactive ketones (excluding diaryl/α,β-unsaturated/α-hetero) is 1. The lowest BCUT2D eigenvalue weighted by atomic mass is 9.86. The van der Waals surface area contributed by atoms with E-state index in [4.69, 9.17) is 0 Å². The van der Waals surface area contributed by atoms with Gasteiger partial charge in [-0.05, 0) is 72.8 Å². The van der Waals surface area contributed by atoms with Crippen LogP contribution in [0, 0.1) is 17.0 Å². The summed E-state index contributed by atoms with van der Waals surface area (Å²) in [6.45, 7) is 5.64. The Kier molecular flexibility index (Phi) is 5.08. The number of rotatable bonds is 4. The molecule has 2 nitrogen and oxygen atoms in total. The lowest BCUT2D eigenvalue weighted by Gasteiger charge is -2.26. The third-order valence-electron chi connectivity index (χ3n) is 4.24. The first-order chi connectivity index (χ1) is 12.8. The Balaban J connectivity index is 2.04. The molecule has 3 aromatic carbocycles. The molecule has 0 amide bonds. The Morgan fingerprint density at radius 1 is 0.667 bits per heavy atom. The third-order valence-corrected chi connectivity index (χ3v) is 4.24. The summed E-state index contributed by atoms with van der Waals surface area (Å²) in [5, 5.41) is 0. The van der Waals surface area contributed by atoms with Crippen molar-refractivity contribution in [2.45, 2.75) is 20.8 Å². The van der Waals surface area contributed by atoms with Gasteiger partial charge in [0.25, 0.3) is 0 Å². The van der Waals surface area contributed by atoms with Gasteiger partial charge in [-0.1, -0.05) is 20.8 Å². The van der Waals surface area contributed by atoms with Gasteiger partial charge in [0.1, 0.15) is 11.6 Å². The molecule has 0 saturated carbocycles. The molecule has 0 heterocycles. The first-order valence-corrected chi connectivity index (χ1v) is 8.72. The zero-order chi connectivity index (χ0) is 19.6. The summed E-state index contributed by atoms with van der Waals surface area (Å²) in [5.41, 5.74) is 2.42. The quantitative estimate of drug-likeness (QED) is 0.482. The van der Waals surface area contributed by atoms with Crippen LogP contribution in [0.2, 0.25) is 0 Å². The van der Waals surface area contributed by atoms with Gasteiger partial charge in [0.15, 0.2) is 5.78 Å². The summed E-state index contributed by atoms with van der Waals surface area (Å²) >= 11 is 0. The molecule has 0 aromatic heterocycles. The molecule has 0 aliphatic rings. The van der Waals surface area contributed by atoms with E-state index >= 15 is 0 Å². The van der Waals surface area contributed by atoms with Crippen molar-refractivity contribution < 1.29 is 13.6 Å². The number of hydrogen-bond donors (Lipinski definition) is 0. The highest BCUT2D eigenvalue weighted by atomic mass is 19.1. The van der Waals surface area contributed by atoms with E-state index in [0.29, 0.717) is 5.56 Å². The second kappa shape index (κ2) is 7.31. The topological polar surface area (TPSA) is 20.3 Å². The smallest absolute Gasteiger partial charge is 0.168 e. The predicted molar refractivity (Wildman–Crippen MR) is 105 cm³/mol. The van der Waals surface area contributed by atoms with Crippen molar-refractivity contribution in [2.24, 2.45) is 5.41 Å². The fraction of sp³-hybridized carbons (Fsp3) is 0.174. The van der Waals surface area contributed by atoms with Crippen LogP contribution in [0.1, 0.15) is 31.1 Å². The molecule has 138 valence electrons. The monoisotopic (exact) mass is 365 g/mol. The molecule has 4 heteroatoms. The van der Waals surface area contributed by atoms with E-state index in [9.17, 15) is 13.6 Å². The van der Waals surface area contributed by atoms with E-state index in [2.05, 4.69) is 0 Å². The van der Waals surface area contributed by atoms with Crippen LogP contribution < -0.4 is 4.90 Å². The lowest BCUT2D eigenvalue weighted by Crippen LogP contribution is -2.20. The summed E-state index contributed by atoms with van der Waals surface area (Å²) < 4.78 is 26.7. The van der Waals surface area contributed by atoms with Crippen molar-refractivity contribution >= 4 is 22.8 Å². The van der Waals surface area contributed by atoms with Crippen molar-refractivity contribution in [1.29, 1.82) is 0 Å². The molecule has 0 saturated heterocycles. The van der Waals surface area contributed by atoms with Gasteiger partial charge in [0.2, 0.25) is 0 Å². The molecular weight excluding hydrogens is 344 g/mol. The predicted octanol–water partition coefficient (Wildman–Crippen LogP) is 6.66. The number of carbonyl (C=O) groups excluding carboxylic acids is 1. The van der Waals surface area contributed by atoms with Crippen LogP contribution in [-0.4, -0.2) is 5.78 Å². The van der Waals surface area contributed by atoms with E-state index in [1.54, 1.807) is 36.4 Å². The normalized spacial score (nSPS) is 11.3. The van der Waals surface area contributed by atoms with E-state index < -0.39 is 5.41 Å². The molecule has 0 aliphatic heterocycles. The Hall–Kier alpha value is -3.01. The van der Waals surface area contributed by atoms with E-state index in [1.165, 1.54) is 24.3 Å². The first kappa shape index (κ1) is 18.8. The molecule has 27 heavy (non-hydrogen) atoms. The number of nitrogens with zero attached hydrogens (tertiary/aromatic N) is 1. The first-order valence-electron chi connectivity index (χ1n) is 8.72. The molecule has 0 spiro atoms. The zero-order valence-corrected chi connectivity index (χ0v) is 15.5. The van der Waals surface area contributed by atoms with Crippen molar-refractivity contribution in [1.82, 2.24) is 0 Å². The summed E-state index contributed by atoms with van der Waals surface area (Å²) in [6, 6.07) is 19.4. The molecule has 0 unspecified atom stereocenters. The van der Waals surface area contributed by atoms with Crippen molar-refractivity contribution in [2.75, 3.05) is 4.90 Å². The summed E-state index contributed by atoms with van der Waals surface area (Å²) in [7, 11) is 0. The summed E-state index contributed by atoms with van der Waals surface area (Å²) in [4.78, 5) is 14.3. The zero-order valence-electron chi connectivity index (χ0n) is 15.5. The fourth-order valence-electron chi connectivity index (χ4n) is 2.82. The molecule has 3 aromatic rings. The molecule has 0 N–H and O–H groups in total. The second-order valence-corrected chi connectivity index (χ2v) is 7.41. The number of benzene rings is 3. The molecule has 3 rings (SSSR count). The average Bonchev–Trinajstić information content (AvgIpc) is 2.64. The minimum absolute atomic E-state index is 0.0594. The fourth-order valence-corrected chi connectivity index (χ4v) is 2.82. The minimum Gasteiger partial charge on any atom is -0.310 e. The van der Waals surface area contributed by atoms with Gasteiger partial charge in [-0.15, -0.1) is 0 Å². The summed E-state index contributed by atoms with van der Waals surface area (Å²) in [5.74, 6) is -0.600. The molecule has 0 bridgehead atoms. The highest BCUT2D eigenvalue weighted by Gasteiger charge is 2.23. The van der Waals surface area contributed by atoms with Crippen LogP contribution in [0.3, 0.4) is 0 Å². The van der Waals surface area contributed by atoms with E-state index in [1.807, 2.05) is 37.8 Å². The van der Waals surface area contributed by atoms with Crippen LogP contribution >= 0.6 is 0 Å². The number of anilines is 3. The van der Waals surface area contributed by atoms with Crippen molar-refractivity contribution in [3.8, 4) is 0 Å². The van der Waals surface area contributed by atoms with E-state index in [-0.39, 0.29) is 17.4 Å². The Morgan fingerprint density at radius 3 is 1.33 bits per heavy atom. The highest BCUT2D eigenvalue weighted by Crippen LogP contribution is 2.35. The molecule has 0 aliphatic carbocycles. The van der Waals surface area contributed by atoms with Crippen molar-refractivity contribution in [3.05, 3.63) is 90.0 Å². The maximum atomic E-state index is 13.4. The Labute approximate surface area is 158 Å². The number of hydrogen-bond acceptors (Lipinski definition) is 2. The number of carbonyl (C=O) groups is 1. The van der Waals surface area contributed by atoms with Crippen LogP contribution in [0.25, 0.3) is 0 Å². The number of ketones is 1. The molecular formula is C23H21F2NO. The molecule has 0 fully saturated rings. The van der Waals surface area contributed by atoms with Gasteiger partial charge >= 0.3 is 0 Å². The van der Waals surface area contributed by atoms with Crippen LogP contribution in [0.15, 0.2) is 72.8 Å². The van der Waals surface area contributed by atoms with Gasteiger partial charge in [0.05, 0.1) is 0 Å². The molecule has 0 radical (unpaired) electrons. The Bertz CT molecular complexity index is 879. The lowest BCUT2D eigenvalue weighted by molar-refractivity contribution is 0.0858. The average molecular weight is 365 g/mol. The van der Waals surface area contributed by atoms with Gasteiger partial charge in [-0.2, -0.15) is 0 Å². The van der Waals surface area contributed by atoms with Gasteiger partial charge in [-0.3, -0.25) is 4.79 Å². The van der Waals surface area contributed by atoms with Crippen LogP contribution in [-0.2, 0) is 0 Å². The highest BCUT2D eigenvalue weighted by molar-refractivity contribution is 6.00. The standard InChI is InChI=1S/C23H21F2NO/c1-23(2,3)22(27)16-4-10-19(11-5-16)26(20-12-6-17(24)7-13-20)21-14-8-18(25)9-15-21/h4-15H,1-3H3. The Morgan fingerprint density at radius 2 is 1.00 bits per heavy atom. The SMILES string of the molecule is CC(C)(C)C(=O)c1ccc(N(c2ccc(F)cc2)c2ccc(F)cc2)cc1. The van der Waals surface area contributed by atoms with Gasteiger partial charge in [-0.25, -0.2) is 8.78 Å². The maximum absolute atomic E-state index is 13.4. The second-order valence-electron chi connectivity index (χ2n) is 7.41. The maximum Gasteiger partial charge on any atom is 0.168 e. The minimum atomic E-state index is -0.463. The van der Waals surface area contributed by atoms with Crippen LogP contribution in [0.4, 0.5) is 25.8 Å².